The van der Waals surface area contributed by atoms with Crippen LogP contribution in [-0.2, 0) is 20.9 Å². The molecule has 0 radical (unpaired) electrons. The molecule has 6 nitrogen and oxygen atoms in total. The van der Waals surface area contributed by atoms with E-state index in [9.17, 15) is 14.0 Å². The van der Waals surface area contributed by atoms with Crippen molar-refractivity contribution >= 4 is 29.2 Å². The third-order valence-electron chi connectivity index (χ3n) is 5.82. The molecule has 4 atom stereocenters. The normalized spacial score (nSPS) is 29.1. The van der Waals surface area contributed by atoms with Gasteiger partial charge in [0.05, 0.1) is 30.6 Å². The van der Waals surface area contributed by atoms with Crippen LogP contribution in [-0.4, -0.2) is 33.8 Å². The lowest BCUT2D eigenvalue weighted by atomic mass is 9.81. The van der Waals surface area contributed by atoms with Crippen molar-refractivity contribution in [3.05, 3.63) is 46.4 Å². The zero-order valence-corrected chi connectivity index (χ0v) is 15.3. The first-order valence-corrected chi connectivity index (χ1v) is 9.33. The van der Waals surface area contributed by atoms with Crippen molar-refractivity contribution in [3.63, 3.8) is 0 Å². The van der Waals surface area contributed by atoms with Crippen LogP contribution in [0.1, 0.15) is 24.1 Å². The molecule has 27 heavy (non-hydrogen) atoms. The highest BCUT2D eigenvalue weighted by molar-refractivity contribution is 6.31. The Hall–Kier alpha value is -2.25. The number of anilines is 1. The average Bonchev–Trinajstić information content (AvgIpc) is 3.35. The molecule has 3 aliphatic heterocycles. The predicted octanol–water partition coefficient (Wildman–Crippen LogP) is 2.70. The number of rotatable bonds is 3. The zero-order valence-electron chi connectivity index (χ0n) is 14.6. The molecule has 5 rings (SSSR count). The number of aryl methyl sites for hydroxylation is 1. The maximum Gasteiger partial charge on any atom is 0.241 e. The topological polar surface area (TPSA) is 64.4 Å². The van der Waals surface area contributed by atoms with Crippen LogP contribution in [0.3, 0.4) is 0 Å². The van der Waals surface area contributed by atoms with Gasteiger partial charge in [0.15, 0.2) is 5.82 Å². The molecule has 0 saturated carbocycles. The Labute approximate surface area is 159 Å². The van der Waals surface area contributed by atoms with E-state index in [0.29, 0.717) is 22.9 Å². The van der Waals surface area contributed by atoms with Gasteiger partial charge >= 0.3 is 0 Å². The molecule has 0 unspecified atom stereocenters. The van der Waals surface area contributed by atoms with Gasteiger partial charge in [-0.3, -0.25) is 14.3 Å². The molecule has 140 valence electrons. The van der Waals surface area contributed by atoms with Gasteiger partial charge < -0.3 is 4.74 Å². The van der Waals surface area contributed by atoms with Gasteiger partial charge in [0.25, 0.3) is 0 Å². The number of hydrogen-bond acceptors (Lipinski definition) is 4. The molecular weight excluding hydrogens is 373 g/mol. The molecule has 1 aromatic heterocycles. The number of nitrogens with zero attached hydrogens (tertiary/aromatic N) is 3. The lowest BCUT2D eigenvalue weighted by Gasteiger charge is -2.15. The summed E-state index contributed by atoms with van der Waals surface area (Å²) in [5, 5.41) is 4.77. The molecule has 3 saturated heterocycles. The SMILES string of the molecule is Cc1cc(N2C(=O)[C@H]3[C@H](C2=O)[C@H]2CC[C@H]3O2)nn1Cc1ccc(F)cc1Cl. The van der Waals surface area contributed by atoms with Crippen molar-refractivity contribution in [2.45, 2.75) is 38.5 Å². The van der Waals surface area contributed by atoms with Crippen molar-refractivity contribution in [2.24, 2.45) is 11.8 Å². The van der Waals surface area contributed by atoms with E-state index in [-0.39, 0.29) is 35.9 Å². The molecular formula is C19H17ClFN3O3. The fourth-order valence-corrected chi connectivity index (χ4v) is 4.74. The van der Waals surface area contributed by atoms with Crippen LogP contribution in [0.5, 0.6) is 0 Å². The maximum absolute atomic E-state index is 13.2. The summed E-state index contributed by atoms with van der Waals surface area (Å²) in [7, 11) is 0. The molecule has 1 aromatic carbocycles. The quantitative estimate of drug-likeness (QED) is 0.757. The van der Waals surface area contributed by atoms with Crippen LogP contribution >= 0.6 is 11.6 Å². The van der Waals surface area contributed by atoms with Crippen LogP contribution in [0.15, 0.2) is 24.3 Å². The molecule has 2 aromatic rings. The first-order chi connectivity index (χ1) is 12.9. The first-order valence-electron chi connectivity index (χ1n) is 8.95. The number of fused-ring (bicyclic) bond motifs is 5. The van der Waals surface area contributed by atoms with Crippen LogP contribution in [0, 0.1) is 24.6 Å². The van der Waals surface area contributed by atoms with E-state index in [0.717, 1.165) is 18.5 Å². The second-order valence-electron chi connectivity index (χ2n) is 7.39. The van der Waals surface area contributed by atoms with Gasteiger partial charge in [-0.25, -0.2) is 9.29 Å². The fourth-order valence-electron chi connectivity index (χ4n) is 4.51. The summed E-state index contributed by atoms with van der Waals surface area (Å²) in [6, 6.07) is 5.91. The Morgan fingerprint density at radius 2 is 1.85 bits per heavy atom. The predicted molar refractivity (Wildman–Crippen MR) is 94.8 cm³/mol. The fraction of sp³-hybridized carbons (Fsp3) is 0.421. The summed E-state index contributed by atoms with van der Waals surface area (Å²) < 4.78 is 20.7. The minimum Gasteiger partial charge on any atom is -0.373 e. The van der Waals surface area contributed by atoms with E-state index in [4.69, 9.17) is 16.3 Å². The van der Waals surface area contributed by atoms with Gasteiger partial charge in [0.2, 0.25) is 11.8 Å². The van der Waals surface area contributed by atoms with Crippen LogP contribution in [0.4, 0.5) is 10.2 Å². The minimum absolute atomic E-state index is 0.150. The Morgan fingerprint density at radius 3 is 2.48 bits per heavy atom. The smallest absolute Gasteiger partial charge is 0.241 e. The summed E-state index contributed by atoms with van der Waals surface area (Å²) in [5.41, 5.74) is 1.49. The van der Waals surface area contributed by atoms with E-state index < -0.39 is 5.82 Å². The second kappa shape index (κ2) is 5.87. The third-order valence-corrected chi connectivity index (χ3v) is 6.17. The second-order valence-corrected chi connectivity index (χ2v) is 7.80. The maximum atomic E-state index is 13.2. The largest absolute Gasteiger partial charge is 0.373 e. The number of aromatic nitrogens is 2. The Kier molecular flexibility index (Phi) is 3.67. The zero-order chi connectivity index (χ0) is 18.9. The summed E-state index contributed by atoms with van der Waals surface area (Å²) >= 11 is 6.10. The lowest BCUT2D eigenvalue weighted by molar-refractivity contribution is -0.124. The summed E-state index contributed by atoms with van der Waals surface area (Å²) in [6.45, 7) is 2.16. The van der Waals surface area contributed by atoms with Crippen molar-refractivity contribution in [3.8, 4) is 0 Å². The molecule has 2 amide bonds. The average molecular weight is 390 g/mol. The van der Waals surface area contributed by atoms with E-state index in [1.54, 1.807) is 16.8 Å². The summed E-state index contributed by atoms with van der Waals surface area (Å²) in [4.78, 5) is 26.9. The molecule has 0 spiro atoms. The van der Waals surface area contributed by atoms with Crippen LogP contribution in [0.25, 0.3) is 0 Å². The highest BCUT2D eigenvalue weighted by Gasteiger charge is 2.63. The van der Waals surface area contributed by atoms with E-state index in [1.165, 1.54) is 17.0 Å². The number of imide groups is 1. The number of amides is 2. The minimum atomic E-state index is -0.404. The first kappa shape index (κ1) is 16.9. The molecule has 2 bridgehead atoms. The Balaban J connectivity index is 1.44. The van der Waals surface area contributed by atoms with Gasteiger partial charge in [-0.1, -0.05) is 17.7 Å². The number of benzene rings is 1. The highest BCUT2D eigenvalue weighted by atomic mass is 35.5. The number of carbonyl (C=O) groups excluding carboxylic acids is 2. The van der Waals surface area contributed by atoms with Crippen molar-refractivity contribution < 1.29 is 18.7 Å². The van der Waals surface area contributed by atoms with Gasteiger partial charge in [-0.05, 0) is 37.5 Å². The Bertz CT molecular complexity index is 947. The number of ether oxygens (including phenoxy) is 1. The molecule has 0 aliphatic carbocycles. The molecule has 0 N–H and O–H groups in total. The van der Waals surface area contributed by atoms with E-state index in [2.05, 4.69) is 5.10 Å². The summed E-state index contributed by atoms with van der Waals surface area (Å²) in [6.07, 6.45) is 1.36. The van der Waals surface area contributed by atoms with Gasteiger partial charge in [-0.2, -0.15) is 5.10 Å². The van der Waals surface area contributed by atoms with Crippen LogP contribution < -0.4 is 4.90 Å². The molecule has 4 heterocycles. The number of hydrogen-bond donors (Lipinski definition) is 0. The van der Waals surface area contributed by atoms with E-state index >= 15 is 0 Å². The summed E-state index contributed by atoms with van der Waals surface area (Å²) in [5.74, 6) is -1.28. The number of halogens is 2. The van der Waals surface area contributed by atoms with Crippen molar-refractivity contribution in [1.29, 1.82) is 0 Å². The highest BCUT2D eigenvalue weighted by Crippen LogP contribution is 2.49. The molecule has 3 aliphatic rings. The molecule has 8 heteroatoms. The Morgan fingerprint density at radius 1 is 1.19 bits per heavy atom. The third kappa shape index (κ3) is 2.45. The molecule has 3 fully saturated rings. The van der Waals surface area contributed by atoms with Crippen LogP contribution in [0.2, 0.25) is 5.02 Å². The van der Waals surface area contributed by atoms with Gasteiger partial charge in [0, 0.05) is 16.8 Å². The van der Waals surface area contributed by atoms with Crippen molar-refractivity contribution in [1.82, 2.24) is 9.78 Å². The lowest BCUT2D eigenvalue weighted by Crippen LogP contribution is -2.34. The van der Waals surface area contributed by atoms with Crippen molar-refractivity contribution in [2.75, 3.05) is 4.90 Å². The van der Waals surface area contributed by atoms with Gasteiger partial charge in [-0.15, -0.1) is 0 Å². The number of carbonyl (C=O) groups is 2. The standard InChI is InChI=1S/C19H17ClFN3O3/c1-9-6-15(22-23(9)8-10-2-3-11(21)7-12(10)20)24-18(25)16-13-4-5-14(27-13)17(16)19(24)26/h2-3,6-7,13-14,16-17H,4-5,8H2,1H3/t13-,14-,16-,17-/m1/s1. The van der Waals surface area contributed by atoms with E-state index in [1.807, 2.05) is 6.92 Å². The van der Waals surface area contributed by atoms with Gasteiger partial charge in [0.1, 0.15) is 5.82 Å². The monoisotopic (exact) mass is 389 g/mol.